The van der Waals surface area contributed by atoms with E-state index in [0.717, 1.165) is 31.8 Å². The Labute approximate surface area is 136 Å². The Morgan fingerprint density at radius 2 is 2.22 bits per heavy atom. The SMILES string of the molecule is CC(C)Cn1cnc(S(=O)(=O)NC[C@@H]2CCn3ccnc3C2)c1. The number of aromatic nitrogens is 4. The summed E-state index contributed by atoms with van der Waals surface area (Å²) in [5.74, 6) is 1.75. The molecule has 0 saturated heterocycles. The first-order valence-electron chi connectivity index (χ1n) is 7.95. The Balaban J connectivity index is 1.60. The van der Waals surface area contributed by atoms with Crippen LogP contribution in [0.25, 0.3) is 0 Å². The predicted molar refractivity (Wildman–Crippen MR) is 86.3 cm³/mol. The Bertz CT molecular complexity index is 762. The number of hydrogen-bond acceptors (Lipinski definition) is 4. The molecule has 0 amide bonds. The monoisotopic (exact) mass is 337 g/mol. The van der Waals surface area contributed by atoms with Crippen LogP contribution in [0.5, 0.6) is 0 Å². The lowest BCUT2D eigenvalue weighted by molar-refractivity contribution is 0.379. The highest BCUT2D eigenvalue weighted by Crippen LogP contribution is 2.19. The third-order valence-electron chi connectivity index (χ3n) is 4.07. The van der Waals surface area contributed by atoms with E-state index < -0.39 is 10.0 Å². The van der Waals surface area contributed by atoms with Crippen LogP contribution in [0.15, 0.2) is 29.9 Å². The smallest absolute Gasteiger partial charge is 0.259 e. The highest BCUT2D eigenvalue weighted by atomic mass is 32.2. The summed E-state index contributed by atoms with van der Waals surface area (Å²) in [4.78, 5) is 8.34. The van der Waals surface area contributed by atoms with Gasteiger partial charge in [-0.05, 0) is 18.3 Å². The summed E-state index contributed by atoms with van der Waals surface area (Å²) >= 11 is 0. The number of rotatable bonds is 6. The van der Waals surface area contributed by atoms with E-state index >= 15 is 0 Å². The lowest BCUT2D eigenvalue weighted by atomic mass is 9.98. The molecule has 3 heterocycles. The van der Waals surface area contributed by atoms with Gasteiger partial charge in [-0.15, -0.1) is 0 Å². The normalized spacial score (nSPS) is 18.3. The van der Waals surface area contributed by atoms with Crippen molar-refractivity contribution < 1.29 is 8.42 Å². The van der Waals surface area contributed by atoms with Crippen LogP contribution >= 0.6 is 0 Å². The molecule has 2 aromatic rings. The van der Waals surface area contributed by atoms with Crippen molar-refractivity contribution in [2.45, 2.75) is 44.8 Å². The van der Waals surface area contributed by atoms with E-state index in [1.807, 2.05) is 10.8 Å². The Morgan fingerprint density at radius 1 is 1.39 bits per heavy atom. The van der Waals surface area contributed by atoms with E-state index in [1.165, 1.54) is 0 Å². The first-order chi connectivity index (χ1) is 10.9. The molecule has 2 aromatic heterocycles. The molecule has 1 aliphatic rings. The molecule has 1 N–H and O–H groups in total. The maximum atomic E-state index is 12.4. The average Bonchev–Trinajstić information content (AvgIpc) is 3.13. The van der Waals surface area contributed by atoms with Crippen LogP contribution in [0, 0.1) is 11.8 Å². The van der Waals surface area contributed by atoms with Gasteiger partial charge in [-0.25, -0.2) is 23.1 Å². The van der Waals surface area contributed by atoms with Gasteiger partial charge in [-0.2, -0.15) is 0 Å². The summed E-state index contributed by atoms with van der Waals surface area (Å²) in [6, 6.07) is 0. The van der Waals surface area contributed by atoms with Gasteiger partial charge in [0.1, 0.15) is 5.82 Å². The van der Waals surface area contributed by atoms with Crippen molar-refractivity contribution >= 4 is 10.0 Å². The van der Waals surface area contributed by atoms with Gasteiger partial charge in [0.05, 0.1) is 6.33 Å². The zero-order valence-electron chi connectivity index (χ0n) is 13.5. The Morgan fingerprint density at radius 3 is 3.00 bits per heavy atom. The quantitative estimate of drug-likeness (QED) is 0.861. The van der Waals surface area contributed by atoms with Crippen LogP contribution in [0.2, 0.25) is 0 Å². The zero-order valence-corrected chi connectivity index (χ0v) is 14.3. The molecular formula is C15H23N5O2S. The van der Waals surface area contributed by atoms with E-state index in [1.54, 1.807) is 18.7 Å². The molecule has 0 fully saturated rings. The molecule has 1 aliphatic heterocycles. The van der Waals surface area contributed by atoms with Gasteiger partial charge < -0.3 is 9.13 Å². The van der Waals surface area contributed by atoms with Crippen LogP contribution < -0.4 is 4.72 Å². The van der Waals surface area contributed by atoms with Crippen LogP contribution in [0.1, 0.15) is 26.1 Å². The third-order valence-corrected chi connectivity index (χ3v) is 5.38. The average molecular weight is 337 g/mol. The standard InChI is InChI=1S/C15H23N5O2S/c1-12(2)9-19-10-15(17-11-19)23(21,22)18-8-13-3-5-20-6-4-16-14(20)7-13/h4,6,10-13,18H,3,5,7-9H2,1-2H3/t13-/m1/s1. The molecule has 0 unspecified atom stereocenters. The number of imidazole rings is 2. The van der Waals surface area contributed by atoms with Gasteiger partial charge in [0, 0.05) is 44.6 Å². The van der Waals surface area contributed by atoms with E-state index in [0.29, 0.717) is 12.5 Å². The summed E-state index contributed by atoms with van der Waals surface area (Å²) in [6.45, 7) is 6.24. The summed E-state index contributed by atoms with van der Waals surface area (Å²) in [5.41, 5.74) is 0. The van der Waals surface area contributed by atoms with Crippen molar-refractivity contribution in [2.24, 2.45) is 11.8 Å². The Hall–Kier alpha value is -1.67. The van der Waals surface area contributed by atoms with Crippen LogP contribution in [0.3, 0.4) is 0 Å². The first-order valence-corrected chi connectivity index (χ1v) is 9.44. The summed E-state index contributed by atoms with van der Waals surface area (Å²) < 4.78 is 31.4. The van der Waals surface area contributed by atoms with Crippen LogP contribution in [0.4, 0.5) is 0 Å². The van der Waals surface area contributed by atoms with Gasteiger partial charge in [0.25, 0.3) is 10.0 Å². The van der Waals surface area contributed by atoms with Gasteiger partial charge in [0.15, 0.2) is 5.03 Å². The van der Waals surface area contributed by atoms with Crippen LogP contribution in [-0.4, -0.2) is 34.1 Å². The highest BCUT2D eigenvalue weighted by molar-refractivity contribution is 7.89. The van der Waals surface area contributed by atoms with Gasteiger partial charge >= 0.3 is 0 Å². The molecule has 126 valence electrons. The van der Waals surface area contributed by atoms with Gasteiger partial charge in [-0.3, -0.25) is 0 Å². The number of aryl methyl sites for hydroxylation is 1. The molecule has 0 aliphatic carbocycles. The molecule has 0 radical (unpaired) electrons. The molecule has 7 nitrogen and oxygen atoms in total. The molecule has 0 bridgehead atoms. The van der Waals surface area contributed by atoms with Crippen molar-refractivity contribution in [3.05, 3.63) is 30.7 Å². The Kier molecular flexibility index (Phi) is 4.54. The minimum atomic E-state index is -3.55. The first kappa shape index (κ1) is 16.2. The fourth-order valence-electron chi connectivity index (χ4n) is 2.89. The van der Waals surface area contributed by atoms with Crippen molar-refractivity contribution in [1.29, 1.82) is 0 Å². The van der Waals surface area contributed by atoms with Gasteiger partial charge in [0.2, 0.25) is 0 Å². The number of nitrogens with one attached hydrogen (secondary N) is 1. The highest BCUT2D eigenvalue weighted by Gasteiger charge is 2.23. The minimum Gasteiger partial charge on any atom is -0.336 e. The zero-order chi connectivity index (χ0) is 16.4. The maximum Gasteiger partial charge on any atom is 0.259 e. The molecule has 3 rings (SSSR count). The summed E-state index contributed by atoms with van der Waals surface area (Å²) in [5, 5.41) is 0.0930. The lowest BCUT2D eigenvalue weighted by Gasteiger charge is -2.23. The predicted octanol–water partition coefficient (Wildman–Crippen LogP) is 1.28. The molecule has 23 heavy (non-hydrogen) atoms. The fraction of sp³-hybridized carbons (Fsp3) is 0.600. The molecule has 8 heteroatoms. The summed E-state index contributed by atoms with van der Waals surface area (Å²) in [6.07, 6.45) is 8.69. The third kappa shape index (κ3) is 3.81. The second-order valence-electron chi connectivity index (χ2n) is 6.55. The topological polar surface area (TPSA) is 81.8 Å². The van der Waals surface area contributed by atoms with Crippen molar-refractivity contribution in [3.63, 3.8) is 0 Å². The maximum absolute atomic E-state index is 12.4. The van der Waals surface area contributed by atoms with Crippen molar-refractivity contribution in [2.75, 3.05) is 6.54 Å². The van der Waals surface area contributed by atoms with E-state index in [-0.39, 0.29) is 10.9 Å². The van der Waals surface area contributed by atoms with E-state index in [2.05, 4.69) is 33.1 Å². The van der Waals surface area contributed by atoms with E-state index in [4.69, 9.17) is 0 Å². The second kappa shape index (κ2) is 6.45. The summed E-state index contributed by atoms with van der Waals surface area (Å²) in [7, 11) is -3.55. The van der Waals surface area contributed by atoms with Crippen LogP contribution in [-0.2, 0) is 29.5 Å². The molecule has 0 saturated carbocycles. The molecule has 1 atom stereocenters. The van der Waals surface area contributed by atoms with Gasteiger partial charge in [-0.1, -0.05) is 13.8 Å². The number of sulfonamides is 1. The minimum absolute atomic E-state index is 0.0930. The molecular weight excluding hydrogens is 314 g/mol. The lowest BCUT2D eigenvalue weighted by Crippen LogP contribution is -2.33. The largest absolute Gasteiger partial charge is 0.336 e. The fourth-order valence-corrected chi connectivity index (χ4v) is 3.95. The molecule has 0 spiro atoms. The molecule has 0 aromatic carbocycles. The number of fused-ring (bicyclic) bond motifs is 1. The second-order valence-corrected chi connectivity index (χ2v) is 8.26. The number of nitrogens with zero attached hydrogens (tertiary/aromatic N) is 4. The number of hydrogen-bond donors (Lipinski definition) is 1. The van der Waals surface area contributed by atoms with Crippen molar-refractivity contribution in [1.82, 2.24) is 23.8 Å². The van der Waals surface area contributed by atoms with E-state index in [9.17, 15) is 8.42 Å². The van der Waals surface area contributed by atoms with Crippen molar-refractivity contribution in [3.8, 4) is 0 Å².